The van der Waals surface area contributed by atoms with Crippen molar-refractivity contribution in [2.75, 3.05) is 52.6 Å². The molecule has 4 N–H and O–H groups in total. The third-order valence-corrected chi connectivity index (χ3v) is 1.83. The van der Waals surface area contributed by atoms with E-state index >= 15 is 0 Å². The van der Waals surface area contributed by atoms with Crippen molar-refractivity contribution < 1.29 is 61.2 Å². The Balaban J connectivity index is -0.00000144. The van der Waals surface area contributed by atoms with Crippen LogP contribution in [-0.2, 0) is 61.2 Å². The van der Waals surface area contributed by atoms with E-state index in [1.165, 1.54) is 0 Å². The van der Waals surface area contributed by atoms with Crippen molar-refractivity contribution in [2.45, 2.75) is 0 Å². The summed E-state index contributed by atoms with van der Waals surface area (Å²) in [6.07, 6.45) is 0. The zero-order valence-electron chi connectivity index (χ0n) is 11.1. The molecule has 0 aliphatic heterocycles. The first kappa shape index (κ1) is 25.1. The summed E-state index contributed by atoms with van der Waals surface area (Å²) in [5, 5.41) is 5.01. The number of amides is 2. The van der Waals surface area contributed by atoms with E-state index in [1.54, 1.807) is 0 Å². The fourth-order valence-electron chi connectivity index (χ4n) is 0.972. The van der Waals surface area contributed by atoms with Crippen LogP contribution in [-0.4, -0.2) is 64.4 Å². The molecular weight excluding hydrogens is 608 g/mol. The molecule has 0 aliphatic carbocycles. The van der Waals surface area contributed by atoms with E-state index in [4.69, 9.17) is 20.9 Å². The quantitative estimate of drug-likeness (QED) is 0.296. The molecule has 0 aromatic heterocycles. The van der Waals surface area contributed by atoms with Crippen LogP contribution >= 0.6 is 0 Å². The molecule has 8 nitrogen and oxygen atoms in total. The first-order valence-corrected chi connectivity index (χ1v) is 5.68. The molecule has 0 aromatic rings. The van der Waals surface area contributed by atoms with Crippen LogP contribution in [0.3, 0.4) is 0 Å². The molecule has 0 spiro atoms. The van der Waals surface area contributed by atoms with Crippen LogP contribution < -0.4 is 10.6 Å². The third-order valence-electron chi connectivity index (χ3n) is 1.83. The van der Waals surface area contributed by atoms with Crippen LogP contribution in [0.4, 0.5) is 0 Å². The maximum atomic E-state index is 10.7. The Morgan fingerprint density at radius 1 is 0.750 bits per heavy atom. The average Bonchev–Trinajstić information content (AvgIpc) is 2.40. The summed E-state index contributed by atoms with van der Waals surface area (Å²) in [6.45, 7) is 1.80. The van der Waals surface area contributed by atoms with Crippen LogP contribution in [0.15, 0.2) is 0 Å². The SMILES string of the molecule is [NH-]CC(=O)NCCOCCOCCNC(=O)C[NH-].[W].[W]. The number of rotatable bonds is 11. The Morgan fingerprint density at radius 2 is 1.10 bits per heavy atom. The van der Waals surface area contributed by atoms with Crippen molar-refractivity contribution in [1.29, 1.82) is 0 Å². The smallest absolute Gasteiger partial charge is 0.199 e. The molecule has 0 aliphatic rings. The van der Waals surface area contributed by atoms with E-state index in [-0.39, 0.29) is 67.0 Å². The van der Waals surface area contributed by atoms with Crippen LogP contribution in [0.2, 0.25) is 0 Å². The number of carbonyl (C=O) groups is 2. The van der Waals surface area contributed by atoms with Crippen molar-refractivity contribution in [2.24, 2.45) is 0 Å². The summed E-state index contributed by atoms with van der Waals surface area (Å²) in [7, 11) is 0. The largest absolute Gasteiger partial charge is 0.670 e. The van der Waals surface area contributed by atoms with Crippen molar-refractivity contribution in [3.8, 4) is 0 Å². The predicted molar refractivity (Wildman–Crippen MR) is 66.0 cm³/mol. The standard InChI is InChI=1S/C10H20N4O4.2W/c11-7-9(15)13-1-3-17-5-6-18-4-2-14-10(16)8-12;;/h11-12H,1-8H2,(H,13,15)(H,14,16);;/q-2;;. The topological polar surface area (TPSA) is 124 Å². The minimum absolute atomic E-state index is 0. The van der Waals surface area contributed by atoms with Gasteiger partial charge in [0.05, 0.1) is 26.4 Å². The predicted octanol–water partition coefficient (Wildman–Crippen LogP) is -0.649. The average molecular weight is 628 g/mol. The van der Waals surface area contributed by atoms with Gasteiger partial charge in [0, 0.05) is 55.2 Å². The molecule has 0 fully saturated rings. The van der Waals surface area contributed by atoms with Gasteiger partial charge >= 0.3 is 0 Å². The van der Waals surface area contributed by atoms with E-state index in [0.29, 0.717) is 39.5 Å². The Kier molecular flexibility index (Phi) is 24.1. The second kappa shape index (κ2) is 19.2. The van der Waals surface area contributed by atoms with Gasteiger partial charge in [0.25, 0.3) is 0 Å². The summed E-state index contributed by atoms with van der Waals surface area (Å²) in [4.78, 5) is 21.3. The van der Waals surface area contributed by atoms with Gasteiger partial charge in [-0.25, -0.2) is 0 Å². The Labute approximate surface area is 147 Å². The van der Waals surface area contributed by atoms with Crippen LogP contribution in [0, 0.1) is 0 Å². The number of hydrogen-bond donors (Lipinski definition) is 2. The minimum Gasteiger partial charge on any atom is -0.670 e. The number of nitrogens with one attached hydrogen (secondary N) is 4. The second-order valence-corrected chi connectivity index (χ2v) is 3.28. The summed E-state index contributed by atoms with van der Waals surface area (Å²) in [5.41, 5.74) is 13.5. The Hall–Kier alpha value is 0.157. The number of hydrogen-bond acceptors (Lipinski definition) is 4. The molecule has 0 heterocycles. The zero-order chi connectivity index (χ0) is 13.6. The molecule has 118 valence electrons. The molecule has 0 aromatic carbocycles. The number of carbonyl (C=O) groups excluding carboxylic acids is 2. The zero-order valence-corrected chi connectivity index (χ0v) is 17.0. The number of ether oxygens (including phenoxy) is 2. The van der Waals surface area contributed by atoms with Gasteiger partial charge in [-0.2, -0.15) is 0 Å². The normalized spacial score (nSPS) is 9.10. The van der Waals surface area contributed by atoms with Gasteiger partial charge < -0.3 is 31.6 Å². The monoisotopic (exact) mass is 628 g/mol. The van der Waals surface area contributed by atoms with Crippen molar-refractivity contribution in [3.05, 3.63) is 11.5 Å². The Morgan fingerprint density at radius 3 is 1.40 bits per heavy atom. The van der Waals surface area contributed by atoms with Gasteiger partial charge in [0.15, 0.2) is 11.8 Å². The van der Waals surface area contributed by atoms with Crippen LogP contribution in [0.5, 0.6) is 0 Å². The van der Waals surface area contributed by atoms with Crippen LogP contribution in [0.1, 0.15) is 0 Å². The molecular formula is C10H20N4O4W2-2. The van der Waals surface area contributed by atoms with Gasteiger partial charge in [0.1, 0.15) is 0 Å². The van der Waals surface area contributed by atoms with Gasteiger partial charge in [0.2, 0.25) is 0 Å². The molecule has 0 radical (unpaired) electrons. The van der Waals surface area contributed by atoms with Gasteiger partial charge in [-0.15, -0.1) is 0 Å². The van der Waals surface area contributed by atoms with Crippen LogP contribution in [0.25, 0.3) is 11.5 Å². The minimum atomic E-state index is -0.319. The van der Waals surface area contributed by atoms with Crippen molar-refractivity contribution in [1.82, 2.24) is 10.6 Å². The summed E-state index contributed by atoms with van der Waals surface area (Å²) >= 11 is 0. The van der Waals surface area contributed by atoms with Gasteiger partial charge in [-0.3, -0.25) is 9.59 Å². The molecule has 0 unspecified atom stereocenters. The molecule has 10 heteroatoms. The fourth-order valence-corrected chi connectivity index (χ4v) is 0.972. The first-order chi connectivity index (χ1) is 8.70. The van der Waals surface area contributed by atoms with E-state index in [0.717, 1.165) is 0 Å². The van der Waals surface area contributed by atoms with Crippen molar-refractivity contribution in [3.63, 3.8) is 0 Å². The molecule has 20 heavy (non-hydrogen) atoms. The summed E-state index contributed by atoms with van der Waals surface area (Å²) < 4.78 is 10.3. The summed E-state index contributed by atoms with van der Waals surface area (Å²) in [5.74, 6) is -0.639. The summed E-state index contributed by atoms with van der Waals surface area (Å²) in [6, 6.07) is 0. The van der Waals surface area contributed by atoms with E-state index in [9.17, 15) is 9.59 Å². The molecule has 0 atom stereocenters. The fraction of sp³-hybridized carbons (Fsp3) is 0.800. The maximum Gasteiger partial charge on any atom is 0.199 e. The van der Waals surface area contributed by atoms with Gasteiger partial charge in [-0.1, -0.05) is 13.1 Å². The third kappa shape index (κ3) is 18.2. The molecule has 0 saturated heterocycles. The molecule has 2 amide bonds. The molecule has 0 saturated carbocycles. The first-order valence-electron chi connectivity index (χ1n) is 5.68. The molecule has 0 rings (SSSR count). The maximum absolute atomic E-state index is 10.7. The van der Waals surface area contributed by atoms with E-state index in [2.05, 4.69) is 10.6 Å². The second-order valence-electron chi connectivity index (χ2n) is 3.28. The van der Waals surface area contributed by atoms with E-state index in [1.807, 2.05) is 0 Å². The van der Waals surface area contributed by atoms with Gasteiger partial charge in [-0.05, 0) is 0 Å². The van der Waals surface area contributed by atoms with E-state index < -0.39 is 0 Å². The Bertz CT molecular complexity index is 223. The van der Waals surface area contributed by atoms with Crippen molar-refractivity contribution >= 4 is 11.8 Å². The molecule has 0 bridgehead atoms.